The number of halogens is 1. The molecule has 2 atom stereocenters. The molecule has 2 N–H and O–H groups in total. The van der Waals surface area contributed by atoms with Crippen LogP contribution in [0.2, 0.25) is 0 Å². The maximum absolute atomic E-state index is 13.1. The van der Waals surface area contributed by atoms with E-state index >= 15 is 0 Å². The summed E-state index contributed by atoms with van der Waals surface area (Å²) in [6.45, 7) is 3.12. The number of fused-ring (bicyclic) bond motifs is 1. The number of urea groups is 1. The Morgan fingerprint density at radius 3 is 2.64 bits per heavy atom. The Morgan fingerprint density at radius 1 is 1.24 bits per heavy atom. The summed E-state index contributed by atoms with van der Waals surface area (Å²) in [6, 6.07) is 5.13. The van der Waals surface area contributed by atoms with Gasteiger partial charge in [0.1, 0.15) is 12.0 Å². The van der Waals surface area contributed by atoms with Gasteiger partial charge in [0, 0.05) is 20.1 Å². The number of nitrogens with one attached hydrogen (secondary N) is 2. The summed E-state index contributed by atoms with van der Waals surface area (Å²) in [7, 11) is 1.64. The van der Waals surface area contributed by atoms with Crippen molar-refractivity contribution >= 4 is 17.9 Å². The van der Waals surface area contributed by atoms with Crippen LogP contribution in [0.15, 0.2) is 29.3 Å². The number of hydrogen-bond donors (Lipinski definition) is 2. The quantitative estimate of drug-likeness (QED) is 0.787. The van der Waals surface area contributed by atoms with Gasteiger partial charge in [-0.3, -0.25) is 15.1 Å². The van der Waals surface area contributed by atoms with Gasteiger partial charge in [-0.2, -0.15) is 0 Å². The first kappa shape index (κ1) is 17.2. The van der Waals surface area contributed by atoms with Crippen LogP contribution >= 0.6 is 0 Å². The molecule has 2 aliphatic rings. The lowest BCUT2D eigenvalue weighted by atomic mass is 10.1. The van der Waals surface area contributed by atoms with Crippen LogP contribution in [0, 0.1) is 5.82 Å². The predicted octanol–water partition coefficient (Wildman–Crippen LogP) is 1.26. The normalized spacial score (nSPS) is 24.4. The largest absolute Gasteiger partial charge is 0.333 e. The zero-order valence-electron chi connectivity index (χ0n) is 14.3. The zero-order chi connectivity index (χ0) is 18.0. The number of carbonyl (C=O) groups is 2. The fourth-order valence-electron chi connectivity index (χ4n) is 3.02. The van der Waals surface area contributed by atoms with Crippen molar-refractivity contribution < 1.29 is 14.0 Å². The molecule has 0 aromatic heterocycles. The summed E-state index contributed by atoms with van der Waals surface area (Å²) < 4.78 is 13.1. The van der Waals surface area contributed by atoms with Crippen molar-refractivity contribution in [2.24, 2.45) is 4.99 Å². The summed E-state index contributed by atoms with van der Waals surface area (Å²) in [5.41, 5.74) is 0.861. The second kappa shape index (κ2) is 7.08. The number of amides is 3. The summed E-state index contributed by atoms with van der Waals surface area (Å²) in [4.78, 5) is 32.1. The van der Waals surface area contributed by atoms with E-state index in [1.54, 1.807) is 19.2 Å². The zero-order valence-corrected chi connectivity index (χ0v) is 14.3. The lowest BCUT2D eigenvalue weighted by molar-refractivity contribution is -0.127. The molecule has 25 heavy (non-hydrogen) atoms. The van der Waals surface area contributed by atoms with E-state index < -0.39 is 18.2 Å². The molecule has 3 rings (SSSR count). The topological polar surface area (TPSA) is 77.0 Å². The molecule has 2 unspecified atom stereocenters. The van der Waals surface area contributed by atoms with Gasteiger partial charge in [-0.25, -0.2) is 9.18 Å². The molecule has 7 nitrogen and oxygen atoms in total. The number of unbranched alkanes of at least 4 members (excludes halogenated alkanes) is 1. The first-order valence-corrected chi connectivity index (χ1v) is 8.41. The average Bonchev–Trinajstić information content (AvgIpc) is 2.94. The Bertz CT molecular complexity index is 691. The van der Waals surface area contributed by atoms with E-state index in [1.165, 1.54) is 17.0 Å². The highest BCUT2D eigenvalue weighted by Crippen LogP contribution is 2.23. The molecule has 2 fully saturated rings. The second-order valence-electron chi connectivity index (χ2n) is 6.25. The molecule has 0 radical (unpaired) electrons. The minimum Gasteiger partial charge on any atom is -0.333 e. The maximum Gasteiger partial charge on any atom is 0.325 e. The molecule has 0 bridgehead atoms. The third-order valence-electron chi connectivity index (χ3n) is 4.46. The van der Waals surface area contributed by atoms with Crippen molar-refractivity contribution in [1.82, 2.24) is 20.4 Å². The predicted molar refractivity (Wildman–Crippen MR) is 91.2 cm³/mol. The van der Waals surface area contributed by atoms with Crippen molar-refractivity contribution in [2.45, 2.75) is 38.5 Å². The summed E-state index contributed by atoms with van der Waals surface area (Å²) in [5, 5.41) is 5.55. The number of carbonyl (C=O) groups excluding carboxylic acids is 2. The fraction of sp³-hybridized carbons (Fsp3) is 0.471. The van der Waals surface area contributed by atoms with E-state index in [0.717, 1.165) is 18.4 Å². The first-order chi connectivity index (χ1) is 12.0. The minimum atomic E-state index is -0.576. The van der Waals surface area contributed by atoms with Gasteiger partial charge in [-0.1, -0.05) is 25.5 Å². The highest BCUT2D eigenvalue weighted by atomic mass is 19.1. The van der Waals surface area contributed by atoms with Gasteiger partial charge >= 0.3 is 6.03 Å². The van der Waals surface area contributed by atoms with Gasteiger partial charge in [0.25, 0.3) is 5.91 Å². The first-order valence-electron chi connectivity index (χ1n) is 8.41. The number of imide groups is 1. The molecular weight excluding hydrogens is 325 g/mol. The van der Waals surface area contributed by atoms with Crippen LogP contribution in [0.4, 0.5) is 9.18 Å². The SMILES string of the molecule is CCCCN=C1NC2C(C(=O)NC(=O)N2C)N1Cc1ccc(F)cc1. The molecule has 0 saturated carbocycles. The Hall–Kier alpha value is -2.64. The van der Waals surface area contributed by atoms with Gasteiger partial charge in [0.15, 0.2) is 12.0 Å². The summed E-state index contributed by atoms with van der Waals surface area (Å²) in [5.74, 6) is -0.0772. The molecule has 134 valence electrons. The summed E-state index contributed by atoms with van der Waals surface area (Å²) in [6.07, 6.45) is 1.48. The van der Waals surface area contributed by atoms with Crippen LogP contribution in [0.3, 0.4) is 0 Å². The Morgan fingerprint density at radius 2 is 1.96 bits per heavy atom. The fourth-order valence-corrected chi connectivity index (χ4v) is 3.02. The Labute approximate surface area is 145 Å². The summed E-state index contributed by atoms with van der Waals surface area (Å²) >= 11 is 0. The van der Waals surface area contributed by atoms with Crippen LogP contribution in [0.1, 0.15) is 25.3 Å². The average molecular weight is 347 g/mol. The molecule has 8 heteroatoms. The molecule has 3 amide bonds. The molecule has 2 aliphatic heterocycles. The molecular formula is C17H22FN5O2. The smallest absolute Gasteiger partial charge is 0.325 e. The van der Waals surface area contributed by atoms with Gasteiger partial charge in [-0.05, 0) is 24.1 Å². The Balaban J connectivity index is 1.88. The highest BCUT2D eigenvalue weighted by molar-refractivity contribution is 6.04. The van der Waals surface area contributed by atoms with Gasteiger partial charge in [0.05, 0.1) is 0 Å². The third-order valence-corrected chi connectivity index (χ3v) is 4.46. The van der Waals surface area contributed by atoms with Crippen molar-refractivity contribution in [1.29, 1.82) is 0 Å². The molecule has 1 aromatic carbocycles. The van der Waals surface area contributed by atoms with E-state index in [-0.39, 0.29) is 11.7 Å². The van der Waals surface area contributed by atoms with Crippen molar-refractivity contribution in [3.63, 3.8) is 0 Å². The molecule has 0 spiro atoms. The number of benzene rings is 1. The van der Waals surface area contributed by atoms with Gasteiger partial charge in [-0.15, -0.1) is 0 Å². The van der Waals surface area contributed by atoms with Crippen LogP contribution in [-0.4, -0.2) is 53.5 Å². The lowest BCUT2D eigenvalue weighted by Gasteiger charge is -2.35. The molecule has 1 aromatic rings. The highest BCUT2D eigenvalue weighted by Gasteiger charge is 2.49. The minimum absolute atomic E-state index is 0.307. The number of nitrogens with zero attached hydrogens (tertiary/aromatic N) is 3. The van der Waals surface area contributed by atoms with Crippen LogP contribution in [0.25, 0.3) is 0 Å². The van der Waals surface area contributed by atoms with E-state index in [0.29, 0.717) is 19.0 Å². The number of guanidine groups is 1. The van der Waals surface area contributed by atoms with Crippen molar-refractivity contribution in [3.05, 3.63) is 35.6 Å². The Kier molecular flexibility index (Phi) is 4.87. The monoisotopic (exact) mass is 347 g/mol. The third kappa shape index (κ3) is 3.42. The van der Waals surface area contributed by atoms with Crippen molar-refractivity contribution in [3.8, 4) is 0 Å². The van der Waals surface area contributed by atoms with E-state index in [1.807, 2.05) is 4.90 Å². The standard InChI is InChI=1S/C17H22FN5O2/c1-3-4-9-19-16-20-14-13(15(24)21-17(25)22(14)2)23(16)10-11-5-7-12(18)8-6-11/h5-8,13-14H,3-4,9-10H2,1-2H3,(H,19,20)(H,21,24,25). The molecule has 2 heterocycles. The van der Waals surface area contributed by atoms with Gasteiger partial charge < -0.3 is 15.1 Å². The van der Waals surface area contributed by atoms with Crippen molar-refractivity contribution in [2.75, 3.05) is 13.6 Å². The van der Waals surface area contributed by atoms with Crippen LogP contribution in [0.5, 0.6) is 0 Å². The van der Waals surface area contributed by atoms with E-state index in [2.05, 4.69) is 22.5 Å². The number of hydrogen-bond acceptors (Lipinski definition) is 3. The van der Waals surface area contributed by atoms with Crippen LogP contribution in [-0.2, 0) is 11.3 Å². The van der Waals surface area contributed by atoms with Crippen LogP contribution < -0.4 is 10.6 Å². The second-order valence-corrected chi connectivity index (χ2v) is 6.25. The van der Waals surface area contributed by atoms with E-state index in [4.69, 9.17) is 0 Å². The molecule has 0 aliphatic carbocycles. The lowest BCUT2D eigenvalue weighted by Crippen LogP contribution is -2.64. The van der Waals surface area contributed by atoms with Gasteiger partial charge in [0.2, 0.25) is 0 Å². The maximum atomic E-state index is 13.1. The number of likely N-dealkylation sites (N-methyl/N-ethyl adjacent to an activating group) is 1. The van der Waals surface area contributed by atoms with E-state index in [9.17, 15) is 14.0 Å². The molecule has 2 saturated heterocycles. The number of rotatable bonds is 5. The number of aliphatic imine (C=N–C) groups is 1.